The number of hydrogen-bond acceptors (Lipinski definition) is 7. The molecule has 0 unspecified atom stereocenters. The summed E-state index contributed by atoms with van der Waals surface area (Å²) in [6.07, 6.45) is 1.57. The minimum Gasteiger partial charge on any atom is -0.493 e. The fraction of sp³-hybridized carbons (Fsp3) is 0.200. The Bertz CT molecular complexity index is 1240. The highest BCUT2D eigenvalue weighted by molar-refractivity contribution is 5.95. The van der Waals surface area contributed by atoms with Crippen LogP contribution in [0.5, 0.6) is 23.0 Å². The van der Waals surface area contributed by atoms with Crippen molar-refractivity contribution in [2.45, 2.75) is 0 Å². The second kappa shape index (κ2) is 9.53. The normalized spacial score (nSPS) is 10.8. The standard InChI is InChI=1S/C25H25N3O4/c1-29-21-9-6-18(14-23(21)31-3)25-19-12-16(4-7-20(19)27-15-28-25)17-5-8-22(30-2)24(13-17)32-11-10-26/h4-9,12-15H,10-11,26H2,1-3H3. The first-order valence-electron chi connectivity index (χ1n) is 10.2. The third kappa shape index (κ3) is 4.15. The highest BCUT2D eigenvalue weighted by atomic mass is 16.5. The zero-order valence-electron chi connectivity index (χ0n) is 18.3. The molecule has 0 spiro atoms. The molecule has 4 rings (SSSR count). The summed E-state index contributed by atoms with van der Waals surface area (Å²) >= 11 is 0. The van der Waals surface area contributed by atoms with Crippen molar-refractivity contribution in [2.24, 2.45) is 5.73 Å². The van der Waals surface area contributed by atoms with Crippen LogP contribution in [0.4, 0.5) is 0 Å². The van der Waals surface area contributed by atoms with E-state index in [1.807, 2.05) is 48.5 Å². The van der Waals surface area contributed by atoms with Gasteiger partial charge in [-0.1, -0.05) is 12.1 Å². The van der Waals surface area contributed by atoms with Gasteiger partial charge in [0.25, 0.3) is 0 Å². The van der Waals surface area contributed by atoms with Crippen LogP contribution < -0.4 is 24.7 Å². The lowest BCUT2D eigenvalue weighted by atomic mass is 10.00. The smallest absolute Gasteiger partial charge is 0.161 e. The maximum absolute atomic E-state index is 5.77. The van der Waals surface area contributed by atoms with Crippen molar-refractivity contribution >= 4 is 10.9 Å². The van der Waals surface area contributed by atoms with Crippen LogP contribution in [-0.4, -0.2) is 44.4 Å². The summed E-state index contributed by atoms with van der Waals surface area (Å²) in [5, 5.41) is 0.928. The van der Waals surface area contributed by atoms with Crippen LogP contribution >= 0.6 is 0 Å². The van der Waals surface area contributed by atoms with Gasteiger partial charge < -0.3 is 24.7 Å². The van der Waals surface area contributed by atoms with Gasteiger partial charge in [-0.05, 0) is 53.6 Å². The molecule has 164 valence electrons. The quantitative estimate of drug-likeness (QED) is 0.444. The summed E-state index contributed by atoms with van der Waals surface area (Å²) in [6.45, 7) is 0.838. The van der Waals surface area contributed by atoms with Crippen molar-refractivity contribution in [3.05, 3.63) is 60.9 Å². The van der Waals surface area contributed by atoms with E-state index in [1.165, 1.54) is 0 Å². The van der Waals surface area contributed by atoms with Gasteiger partial charge in [-0.15, -0.1) is 0 Å². The Labute approximate surface area is 186 Å². The first-order valence-corrected chi connectivity index (χ1v) is 10.2. The summed E-state index contributed by atoms with van der Waals surface area (Å²) in [7, 11) is 4.85. The van der Waals surface area contributed by atoms with Gasteiger partial charge in [-0.3, -0.25) is 0 Å². The van der Waals surface area contributed by atoms with E-state index in [4.69, 9.17) is 24.7 Å². The summed E-state index contributed by atoms with van der Waals surface area (Å²) in [5.41, 5.74) is 10.2. The lowest BCUT2D eigenvalue weighted by molar-refractivity contribution is 0.303. The first-order chi connectivity index (χ1) is 15.7. The average molecular weight is 431 g/mol. The molecule has 0 amide bonds. The number of nitrogens with two attached hydrogens (primary N) is 1. The van der Waals surface area contributed by atoms with Crippen LogP contribution in [0.15, 0.2) is 60.9 Å². The van der Waals surface area contributed by atoms with E-state index in [1.54, 1.807) is 27.7 Å². The number of aromatic nitrogens is 2. The molecule has 0 bridgehead atoms. The molecular formula is C25H25N3O4. The number of nitrogens with zero attached hydrogens (tertiary/aromatic N) is 2. The van der Waals surface area contributed by atoms with Gasteiger partial charge in [-0.2, -0.15) is 0 Å². The molecule has 0 saturated heterocycles. The molecule has 0 aliphatic carbocycles. The molecular weight excluding hydrogens is 406 g/mol. The topological polar surface area (TPSA) is 88.7 Å². The van der Waals surface area contributed by atoms with E-state index >= 15 is 0 Å². The predicted molar refractivity (Wildman–Crippen MR) is 125 cm³/mol. The van der Waals surface area contributed by atoms with Crippen molar-refractivity contribution < 1.29 is 18.9 Å². The van der Waals surface area contributed by atoms with Crippen molar-refractivity contribution in [1.82, 2.24) is 9.97 Å². The minimum atomic E-state index is 0.412. The van der Waals surface area contributed by atoms with E-state index < -0.39 is 0 Å². The van der Waals surface area contributed by atoms with Crippen LogP contribution in [0.25, 0.3) is 33.3 Å². The van der Waals surface area contributed by atoms with E-state index in [9.17, 15) is 0 Å². The molecule has 0 atom stereocenters. The second-order valence-corrected chi connectivity index (χ2v) is 7.03. The molecule has 32 heavy (non-hydrogen) atoms. The van der Waals surface area contributed by atoms with Gasteiger partial charge in [-0.25, -0.2) is 9.97 Å². The second-order valence-electron chi connectivity index (χ2n) is 7.03. The maximum atomic E-state index is 5.77. The largest absolute Gasteiger partial charge is 0.493 e. The Morgan fingerprint density at radius 2 is 1.31 bits per heavy atom. The van der Waals surface area contributed by atoms with Gasteiger partial charge in [0, 0.05) is 17.5 Å². The fourth-order valence-corrected chi connectivity index (χ4v) is 3.59. The third-order valence-corrected chi connectivity index (χ3v) is 5.16. The lowest BCUT2D eigenvalue weighted by Crippen LogP contribution is -2.11. The van der Waals surface area contributed by atoms with E-state index in [0.29, 0.717) is 36.1 Å². The zero-order chi connectivity index (χ0) is 22.5. The fourth-order valence-electron chi connectivity index (χ4n) is 3.59. The van der Waals surface area contributed by atoms with E-state index in [-0.39, 0.29) is 0 Å². The van der Waals surface area contributed by atoms with E-state index in [0.717, 1.165) is 33.3 Å². The van der Waals surface area contributed by atoms with Crippen LogP contribution in [0.2, 0.25) is 0 Å². The van der Waals surface area contributed by atoms with Crippen LogP contribution in [0, 0.1) is 0 Å². The van der Waals surface area contributed by atoms with Gasteiger partial charge in [0.1, 0.15) is 12.9 Å². The van der Waals surface area contributed by atoms with Crippen molar-refractivity contribution in [2.75, 3.05) is 34.5 Å². The molecule has 1 heterocycles. The average Bonchev–Trinajstić information content (AvgIpc) is 2.86. The Morgan fingerprint density at radius 1 is 0.688 bits per heavy atom. The molecule has 3 aromatic carbocycles. The number of ether oxygens (including phenoxy) is 4. The molecule has 0 aliphatic heterocycles. The summed E-state index contributed by atoms with van der Waals surface area (Å²) in [6, 6.07) is 17.7. The predicted octanol–water partition coefficient (Wildman–Crippen LogP) is 4.33. The Kier molecular flexibility index (Phi) is 6.37. The minimum absolute atomic E-state index is 0.412. The molecule has 0 aliphatic rings. The molecule has 0 saturated carbocycles. The van der Waals surface area contributed by atoms with Gasteiger partial charge in [0.05, 0.1) is 32.5 Å². The molecule has 1 aromatic heterocycles. The lowest BCUT2D eigenvalue weighted by Gasteiger charge is -2.13. The van der Waals surface area contributed by atoms with Crippen molar-refractivity contribution in [3.8, 4) is 45.4 Å². The maximum Gasteiger partial charge on any atom is 0.161 e. The Balaban J connectivity index is 1.82. The summed E-state index contributed by atoms with van der Waals surface area (Å²) in [5.74, 6) is 2.63. The number of hydrogen-bond donors (Lipinski definition) is 1. The van der Waals surface area contributed by atoms with Gasteiger partial charge in [0.15, 0.2) is 23.0 Å². The monoisotopic (exact) mass is 431 g/mol. The van der Waals surface area contributed by atoms with Crippen LogP contribution in [0.3, 0.4) is 0 Å². The molecule has 4 aromatic rings. The highest BCUT2D eigenvalue weighted by Gasteiger charge is 2.13. The molecule has 2 N–H and O–H groups in total. The summed E-state index contributed by atoms with van der Waals surface area (Å²) < 4.78 is 22.0. The highest BCUT2D eigenvalue weighted by Crippen LogP contribution is 2.37. The molecule has 0 fully saturated rings. The molecule has 7 heteroatoms. The first kappa shape index (κ1) is 21.4. The van der Waals surface area contributed by atoms with Crippen molar-refractivity contribution in [3.63, 3.8) is 0 Å². The van der Waals surface area contributed by atoms with Crippen molar-refractivity contribution in [1.29, 1.82) is 0 Å². The number of benzene rings is 3. The number of methoxy groups -OCH3 is 3. The van der Waals surface area contributed by atoms with Crippen LogP contribution in [0.1, 0.15) is 0 Å². The zero-order valence-corrected chi connectivity index (χ0v) is 18.3. The number of fused-ring (bicyclic) bond motifs is 1. The molecule has 0 radical (unpaired) electrons. The Hall–Kier alpha value is -3.84. The van der Waals surface area contributed by atoms with Gasteiger partial charge >= 0.3 is 0 Å². The summed E-state index contributed by atoms with van der Waals surface area (Å²) in [4.78, 5) is 9.00. The third-order valence-electron chi connectivity index (χ3n) is 5.16. The van der Waals surface area contributed by atoms with E-state index in [2.05, 4.69) is 16.0 Å². The molecule has 7 nitrogen and oxygen atoms in total. The van der Waals surface area contributed by atoms with Crippen LogP contribution in [-0.2, 0) is 0 Å². The number of rotatable bonds is 8. The Morgan fingerprint density at radius 3 is 2.03 bits per heavy atom. The van der Waals surface area contributed by atoms with Gasteiger partial charge in [0.2, 0.25) is 0 Å². The SMILES string of the molecule is COc1ccc(-c2ncnc3ccc(-c4ccc(OC)c(OCCN)c4)cc23)cc1OC.